The van der Waals surface area contributed by atoms with Crippen molar-refractivity contribution in [2.75, 3.05) is 0 Å². The summed E-state index contributed by atoms with van der Waals surface area (Å²) in [5.74, 6) is 0.786. The van der Waals surface area contributed by atoms with Crippen molar-refractivity contribution in [2.24, 2.45) is 0 Å². The second-order valence-corrected chi connectivity index (χ2v) is 3.73. The summed E-state index contributed by atoms with van der Waals surface area (Å²) in [4.78, 5) is 0. The highest BCUT2D eigenvalue weighted by Crippen LogP contribution is 2.27. The Hall–Kier alpha value is -1.68. The quantitative estimate of drug-likeness (QED) is 0.609. The highest BCUT2D eigenvalue weighted by molar-refractivity contribution is 7.12. The molecule has 3 aromatic rings. The van der Waals surface area contributed by atoms with Gasteiger partial charge in [-0.2, -0.15) is 0 Å². The Morgan fingerprint density at radius 3 is 2.93 bits per heavy atom. The fourth-order valence-corrected chi connectivity index (χ4v) is 1.87. The average molecular weight is 202 g/mol. The first kappa shape index (κ1) is 7.70. The summed E-state index contributed by atoms with van der Waals surface area (Å²) in [7, 11) is 0. The lowest BCUT2D eigenvalue weighted by Gasteiger charge is -1.84. The Kier molecular flexibility index (Phi) is 1.61. The fraction of sp³-hybridized carbons (Fsp3) is 0. The minimum absolute atomic E-state index is 0.786. The van der Waals surface area contributed by atoms with Gasteiger partial charge in [-0.1, -0.05) is 29.5 Å². The number of hydrogen-bond acceptors (Lipinski definition) is 4. The van der Waals surface area contributed by atoms with Crippen LogP contribution < -0.4 is 0 Å². The molecule has 0 saturated carbocycles. The summed E-state index contributed by atoms with van der Waals surface area (Å²) in [5, 5.41) is 9.65. The molecule has 68 valence electrons. The molecule has 1 aromatic carbocycles. The van der Waals surface area contributed by atoms with E-state index < -0.39 is 0 Å². The third-order valence-corrected chi connectivity index (χ3v) is 2.70. The SMILES string of the molecule is c1ccc2oc(-c3nncs3)cc2c1. The maximum Gasteiger partial charge on any atom is 0.183 e. The van der Waals surface area contributed by atoms with Crippen LogP contribution in [-0.4, -0.2) is 10.2 Å². The summed E-state index contributed by atoms with van der Waals surface area (Å²) in [6, 6.07) is 9.89. The summed E-state index contributed by atoms with van der Waals surface area (Å²) >= 11 is 1.48. The average Bonchev–Trinajstić information content (AvgIpc) is 2.86. The zero-order valence-corrected chi connectivity index (χ0v) is 7.99. The number of hydrogen-bond donors (Lipinski definition) is 0. The predicted molar refractivity (Wildman–Crippen MR) is 55.1 cm³/mol. The van der Waals surface area contributed by atoms with Crippen molar-refractivity contribution in [3.63, 3.8) is 0 Å². The summed E-state index contributed by atoms with van der Waals surface area (Å²) in [6.07, 6.45) is 0. The van der Waals surface area contributed by atoms with E-state index in [0.717, 1.165) is 21.7 Å². The van der Waals surface area contributed by atoms with Gasteiger partial charge in [0, 0.05) is 5.39 Å². The molecule has 0 bridgehead atoms. The van der Waals surface area contributed by atoms with Crippen molar-refractivity contribution in [2.45, 2.75) is 0 Å². The van der Waals surface area contributed by atoms with Gasteiger partial charge in [-0.15, -0.1) is 10.2 Å². The monoisotopic (exact) mass is 202 g/mol. The van der Waals surface area contributed by atoms with Gasteiger partial charge in [-0.3, -0.25) is 0 Å². The van der Waals surface area contributed by atoms with E-state index in [1.807, 2.05) is 30.3 Å². The van der Waals surface area contributed by atoms with Crippen molar-refractivity contribution in [1.29, 1.82) is 0 Å². The molecule has 0 aliphatic heterocycles. The molecule has 3 rings (SSSR count). The van der Waals surface area contributed by atoms with E-state index in [4.69, 9.17) is 4.42 Å². The standard InChI is InChI=1S/C10H6N2OS/c1-2-4-8-7(3-1)5-9(13-8)10-12-11-6-14-10/h1-6H. The van der Waals surface area contributed by atoms with Gasteiger partial charge in [-0.05, 0) is 12.1 Å². The van der Waals surface area contributed by atoms with E-state index >= 15 is 0 Å². The summed E-state index contributed by atoms with van der Waals surface area (Å²) < 4.78 is 5.62. The van der Waals surface area contributed by atoms with E-state index in [2.05, 4.69) is 10.2 Å². The lowest BCUT2D eigenvalue weighted by atomic mass is 10.2. The minimum Gasteiger partial charge on any atom is -0.453 e. The van der Waals surface area contributed by atoms with Gasteiger partial charge in [0.2, 0.25) is 0 Å². The van der Waals surface area contributed by atoms with Crippen molar-refractivity contribution >= 4 is 22.3 Å². The van der Waals surface area contributed by atoms with E-state index in [9.17, 15) is 0 Å². The van der Waals surface area contributed by atoms with Crippen LogP contribution in [0, 0.1) is 0 Å². The Morgan fingerprint density at radius 2 is 2.14 bits per heavy atom. The van der Waals surface area contributed by atoms with Crippen LogP contribution in [0.1, 0.15) is 0 Å². The maximum absolute atomic E-state index is 5.62. The van der Waals surface area contributed by atoms with E-state index in [-0.39, 0.29) is 0 Å². The van der Waals surface area contributed by atoms with E-state index in [1.54, 1.807) is 5.51 Å². The molecule has 0 saturated heterocycles. The molecule has 0 unspecified atom stereocenters. The van der Waals surface area contributed by atoms with E-state index in [0.29, 0.717) is 0 Å². The first-order chi connectivity index (χ1) is 6.93. The van der Waals surface area contributed by atoms with Crippen LogP contribution in [0.25, 0.3) is 21.7 Å². The predicted octanol–water partition coefficient (Wildman–Crippen LogP) is 2.95. The normalized spacial score (nSPS) is 10.9. The summed E-state index contributed by atoms with van der Waals surface area (Å²) in [6.45, 7) is 0. The number of aromatic nitrogens is 2. The van der Waals surface area contributed by atoms with Gasteiger partial charge in [0.05, 0.1) is 0 Å². The van der Waals surface area contributed by atoms with Crippen LogP contribution in [0.3, 0.4) is 0 Å². The van der Waals surface area contributed by atoms with Crippen LogP contribution in [0.2, 0.25) is 0 Å². The Labute approximate surface area is 84.0 Å². The number of nitrogens with zero attached hydrogens (tertiary/aromatic N) is 2. The summed E-state index contributed by atoms with van der Waals surface area (Å²) in [5.41, 5.74) is 2.58. The molecule has 4 heteroatoms. The molecule has 0 amide bonds. The zero-order chi connectivity index (χ0) is 9.38. The van der Waals surface area contributed by atoms with Gasteiger partial charge in [0.1, 0.15) is 11.1 Å². The fourth-order valence-electron chi connectivity index (χ4n) is 1.37. The number of para-hydroxylation sites is 1. The van der Waals surface area contributed by atoms with Crippen LogP contribution in [0.5, 0.6) is 0 Å². The smallest absolute Gasteiger partial charge is 0.183 e. The molecule has 3 nitrogen and oxygen atoms in total. The topological polar surface area (TPSA) is 38.9 Å². The maximum atomic E-state index is 5.62. The van der Waals surface area contributed by atoms with Crippen molar-refractivity contribution in [3.05, 3.63) is 35.8 Å². The lowest BCUT2D eigenvalue weighted by Crippen LogP contribution is -1.69. The van der Waals surface area contributed by atoms with Gasteiger partial charge in [-0.25, -0.2) is 0 Å². The second kappa shape index (κ2) is 2.92. The molecule has 0 spiro atoms. The molecule has 0 radical (unpaired) electrons. The van der Waals surface area contributed by atoms with Crippen molar-refractivity contribution < 1.29 is 4.42 Å². The highest BCUT2D eigenvalue weighted by atomic mass is 32.1. The first-order valence-corrected chi connectivity index (χ1v) is 5.06. The van der Waals surface area contributed by atoms with Gasteiger partial charge in [0.15, 0.2) is 10.8 Å². The van der Waals surface area contributed by atoms with Crippen LogP contribution in [0.4, 0.5) is 0 Å². The van der Waals surface area contributed by atoms with Crippen molar-refractivity contribution in [3.8, 4) is 10.8 Å². The second-order valence-electron chi connectivity index (χ2n) is 2.89. The third-order valence-electron chi connectivity index (χ3n) is 2.00. The molecule has 0 aliphatic rings. The molecule has 0 aliphatic carbocycles. The third kappa shape index (κ3) is 1.12. The Morgan fingerprint density at radius 1 is 1.21 bits per heavy atom. The Bertz CT molecular complexity index is 523. The largest absolute Gasteiger partial charge is 0.453 e. The molecular weight excluding hydrogens is 196 g/mol. The molecule has 0 atom stereocenters. The minimum atomic E-state index is 0.786. The zero-order valence-electron chi connectivity index (χ0n) is 7.18. The van der Waals surface area contributed by atoms with E-state index in [1.165, 1.54) is 11.3 Å². The van der Waals surface area contributed by atoms with Crippen LogP contribution in [0.15, 0.2) is 40.3 Å². The number of furan rings is 1. The molecule has 14 heavy (non-hydrogen) atoms. The van der Waals surface area contributed by atoms with Crippen molar-refractivity contribution in [1.82, 2.24) is 10.2 Å². The van der Waals surface area contributed by atoms with Gasteiger partial charge < -0.3 is 4.42 Å². The van der Waals surface area contributed by atoms with Crippen LogP contribution >= 0.6 is 11.3 Å². The highest BCUT2D eigenvalue weighted by Gasteiger charge is 2.07. The lowest BCUT2D eigenvalue weighted by molar-refractivity contribution is 0.630. The van der Waals surface area contributed by atoms with Gasteiger partial charge >= 0.3 is 0 Å². The number of rotatable bonds is 1. The molecule has 0 N–H and O–H groups in total. The molecule has 2 heterocycles. The molecule has 2 aromatic heterocycles. The van der Waals surface area contributed by atoms with Gasteiger partial charge in [0.25, 0.3) is 0 Å². The van der Waals surface area contributed by atoms with Crippen LogP contribution in [-0.2, 0) is 0 Å². The number of benzene rings is 1. The Balaban J connectivity index is 2.24. The number of fused-ring (bicyclic) bond motifs is 1. The molecular formula is C10H6N2OS. The molecule has 0 fully saturated rings. The first-order valence-electron chi connectivity index (χ1n) is 4.18.